The SMILES string of the molecule is CC(C)CC(NC(=O)C(N)Cc1ccccc1)C(=O)NC(C(=O)NC(CS)C(=O)O)C(C)O. The van der Waals surface area contributed by atoms with Gasteiger partial charge in [-0.1, -0.05) is 44.2 Å². The molecule has 0 aliphatic rings. The predicted molar refractivity (Wildman–Crippen MR) is 127 cm³/mol. The van der Waals surface area contributed by atoms with E-state index in [1.807, 2.05) is 44.2 Å². The van der Waals surface area contributed by atoms with Crippen LogP contribution in [0.4, 0.5) is 0 Å². The smallest absolute Gasteiger partial charge is 0.327 e. The number of hydrogen-bond donors (Lipinski definition) is 7. The van der Waals surface area contributed by atoms with Gasteiger partial charge in [0.25, 0.3) is 0 Å². The number of amides is 3. The van der Waals surface area contributed by atoms with Crippen molar-refractivity contribution in [1.29, 1.82) is 0 Å². The normalized spacial score (nSPS) is 15.6. The highest BCUT2D eigenvalue weighted by Gasteiger charge is 2.32. The molecule has 0 saturated carbocycles. The average molecular weight is 483 g/mol. The van der Waals surface area contributed by atoms with Gasteiger partial charge in [-0.25, -0.2) is 4.79 Å². The van der Waals surface area contributed by atoms with Crippen molar-refractivity contribution in [2.45, 2.75) is 63.9 Å². The Bertz CT molecular complexity index is 805. The highest BCUT2D eigenvalue weighted by Crippen LogP contribution is 2.08. The Morgan fingerprint density at radius 1 is 0.939 bits per heavy atom. The van der Waals surface area contributed by atoms with Crippen LogP contribution in [-0.4, -0.2) is 69.9 Å². The molecule has 0 saturated heterocycles. The molecule has 7 N–H and O–H groups in total. The van der Waals surface area contributed by atoms with E-state index in [0.29, 0.717) is 0 Å². The Morgan fingerprint density at radius 2 is 1.52 bits per heavy atom. The number of carboxylic acid groups (broad SMARTS) is 1. The van der Waals surface area contributed by atoms with Crippen molar-refractivity contribution in [3.63, 3.8) is 0 Å². The maximum atomic E-state index is 12.9. The number of carboxylic acids is 1. The number of rotatable bonds is 13. The van der Waals surface area contributed by atoms with E-state index >= 15 is 0 Å². The molecule has 1 rings (SSSR count). The van der Waals surface area contributed by atoms with Gasteiger partial charge in [0.2, 0.25) is 17.7 Å². The van der Waals surface area contributed by atoms with Crippen LogP contribution in [0.15, 0.2) is 30.3 Å². The largest absolute Gasteiger partial charge is 0.480 e. The van der Waals surface area contributed by atoms with E-state index in [0.717, 1.165) is 5.56 Å². The molecule has 0 aliphatic heterocycles. The monoisotopic (exact) mass is 482 g/mol. The van der Waals surface area contributed by atoms with Crippen LogP contribution in [0.2, 0.25) is 0 Å². The van der Waals surface area contributed by atoms with Crippen molar-refractivity contribution in [1.82, 2.24) is 16.0 Å². The highest BCUT2D eigenvalue weighted by molar-refractivity contribution is 7.80. The third kappa shape index (κ3) is 9.80. The van der Waals surface area contributed by atoms with Gasteiger partial charge in [0, 0.05) is 5.75 Å². The van der Waals surface area contributed by atoms with Gasteiger partial charge in [0.15, 0.2) is 0 Å². The van der Waals surface area contributed by atoms with Crippen molar-refractivity contribution < 1.29 is 29.4 Å². The number of benzene rings is 1. The summed E-state index contributed by atoms with van der Waals surface area (Å²) in [7, 11) is 0. The van der Waals surface area contributed by atoms with Gasteiger partial charge >= 0.3 is 5.97 Å². The van der Waals surface area contributed by atoms with Crippen LogP contribution in [-0.2, 0) is 25.6 Å². The molecule has 33 heavy (non-hydrogen) atoms. The minimum Gasteiger partial charge on any atom is -0.480 e. The number of aliphatic hydroxyl groups is 1. The molecule has 3 amide bonds. The Morgan fingerprint density at radius 3 is 2.00 bits per heavy atom. The first-order valence-electron chi connectivity index (χ1n) is 10.7. The van der Waals surface area contributed by atoms with Gasteiger partial charge < -0.3 is 31.9 Å². The first-order chi connectivity index (χ1) is 15.5. The van der Waals surface area contributed by atoms with Crippen molar-refractivity contribution in [2.75, 3.05) is 5.75 Å². The summed E-state index contributed by atoms with van der Waals surface area (Å²) in [6.45, 7) is 5.01. The molecule has 0 bridgehead atoms. The number of carbonyl (C=O) groups excluding carboxylic acids is 3. The van der Waals surface area contributed by atoms with Crippen molar-refractivity contribution in [3.05, 3.63) is 35.9 Å². The lowest BCUT2D eigenvalue weighted by molar-refractivity contribution is -0.142. The zero-order chi connectivity index (χ0) is 25.1. The first kappa shape index (κ1) is 28.4. The average Bonchev–Trinajstić information content (AvgIpc) is 2.74. The fraction of sp³-hybridized carbons (Fsp3) is 0.545. The Labute approximate surface area is 199 Å². The standard InChI is InChI=1S/C22H34N4O6S/c1-12(2)9-16(24-19(28)15(23)10-14-7-5-4-6-8-14)20(29)26-18(13(3)27)21(30)25-17(11-33)22(31)32/h4-8,12-13,15-18,27,33H,9-11,23H2,1-3H3,(H,24,28)(H,25,30)(H,26,29)(H,31,32). The first-order valence-corrected chi connectivity index (χ1v) is 11.3. The lowest BCUT2D eigenvalue weighted by Gasteiger charge is -2.27. The second-order valence-electron chi connectivity index (χ2n) is 8.30. The summed E-state index contributed by atoms with van der Waals surface area (Å²) in [6, 6.07) is 4.58. The molecule has 0 aromatic heterocycles. The Hall–Kier alpha value is -2.63. The number of aliphatic carboxylic acids is 1. The second-order valence-corrected chi connectivity index (χ2v) is 8.66. The van der Waals surface area contributed by atoms with E-state index in [4.69, 9.17) is 10.8 Å². The molecule has 11 heteroatoms. The van der Waals surface area contributed by atoms with Crippen molar-refractivity contribution in [2.24, 2.45) is 11.7 Å². The van der Waals surface area contributed by atoms with Crippen LogP contribution < -0.4 is 21.7 Å². The van der Waals surface area contributed by atoms with Crippen LogP contribution in [0.25, 0.3) is 0 Å². The molecule has 0 fully saturated rings. The summed E-state index contributed by atoms with van der Waals surface area (Å²) in [4.78, 5) is 49.2. The molecule has 5 unspecified atom stereocenters. The molecule has 184 valence electrons. The lowest BCUT2D eigenvalue weighted by atomic mass is 10.0. The zero-order valence-corrected chi connectivity index (χ0v) is 19.9. The Kier molecular flexibility index (Phi) is 11.9. The van der Waals surface area contributed by atoms with Gasteiger partial charge in [0.1, 0.15) is 18.1 Å². The van der Waals surface area contributed by atoms with Gasteiger partial charge in [-0.15, -0.1) is 0 Å². The van der Waals surface area contributed by atoms with E-state index in [-0.39, 0.29) is 24.5 Å². The van der Waals surface area contributed by atoms with Gasteiger partial charge in [-0.05, 0) is 31.2 Å². The molecular formula is C22H34N4O6S. The summed E-state index contributed by atoms with van der Waals surface area (Å²) in [6.07, 6.45) is -0.779. The number of aliphatic hydroxyl groups excluding tert-OH is 1. The van der Waals surface area contributed by atoms with E-state index in [9.17, 15) is 24.3 Å². The minimum absolute atomic E-state index is 0.0193. The second kappa shape index (κ2) is 13.8. The molecule has 5 atom stereocenters. The molecule has 0 aliphatic carbocycles. The third-order valence-corrected chi connectivity index (χ3v) is 5.20. The third-order valence-electron chi connectivity index (χ3n) is 4.84. The van der Waals surface area contributed by atoms with Crippen LogP contribution >= 0.6 is 12.6 Å². The van der Waals surface area contributed by atoms with Gasteiger partial charge in [0.05, 0.1) is 12.1 Å². The summed E-state index contributed by atoms with van der Waals surface area (Å²) >= 11 is 3.88. The maximum Gasteiger partial charge on any atom is 0.327 e. The van der Waals surface area contributed by atoms with Gasteiger partial charge in [-0.2, -0.15) is 12.6 Å². The summed E-state index contributed by atoms with van der Waals surface area (Å²) in [5.41, 5.74) is 6.88. The number of nitrogens with two attached hydrogens (primary N) is 1. The molecule has 0 heterocycles. The van der Waals surface area contributed by atoms with Crippen LogP contribution in [0.1, 0.15) is 32.8 Å². The van der Waals surface area contributed by atoms with E-state index in [1.54, 1.807) is 0 Å². The van der Waals surface area contributed by atoms with Crippen LogP contribution in [0.5, 0.6) is 0 Å². The summed E-state index contributed by atoms with van der Waals surface area (Å²) in [5.74, 6) is -3.55. The highest BCUT2D eigenvalue weighted by atomic mass is 32.1. The predicted octanol–water partition coefficient (Wildman–Crippen LogP) is -0.548. The van der Waals surface area contributed by atoms with Crippen LogP contribution in [0, 0.1) is 5.92 Å². The molecule has 0 spiro atoms. The fourth-order valence-corrected chi connectivity index (χ4v) is 3.30. The quantitative estimate of drug-likeness (QED) is 0.185. The molecule has 1 aromatic carbocycles. The molecule has 1 aromatic rings. The van der Waals surface area contributed by atoms with E-state index in [2.05, 4.69) is 28.6 Å². The molecular weight excluding hydrogens is 448 g/mol. The van der Waals surface area contributed by atoms with E-state index in [1.165, 1.54) is 6.92 Å². The number of hydrogen-bond acceptors (Lipinski definition) is 7. The number of nitrogens with one attached hydrogen (secondary N) is 3. The molecule has 0 radical (unpaired) electrons. The van der Waals surface area contributed by atoms with Crippen molar-refractivity contribution >= 4 is 36.3 Å². The van der Waals surface area contributed by atoms with Gasteiger partial charge in [-0.3, -0.25) is 14.4 Å². The fourth-order valence-electron chi connectivity index (χ4n) is 3.05. The number of carbonyl (C=O) groups is 4. The zero-order valence-electron chi connectivity index (χ0n) is 19.0. The van der Waals surface area contributed by atoms with Crippen LogP contribution in [0.3, 0.4) is 0 Å². The molecule has 10 nitrogen and oxygen atoms in total. The lowest BCUT2D eigenvalue weighted by Crippen LogP contribution is -2.60. The topological polar surface area (TPSA) is 171 Å². The minimum atomic E-state index is -1.43. The Balaban J connectivity index is 2.89. The van der Waals surface area contributed by atoms with E-state index < -0.39 is 54.0 Å². The summed E-state index contributed by atoms with van der Waals surface area (Å²) in [5, 5.41) is 26.4. The van der Waals surface area contributed by atoms with Crippen molar-refractivity contribution in [3.8, 4) is 0 Å². The maximum absolute atomic E-state index is 12.9. The number of thiol groups is 1. The summed E-state index contributed by atoms with van der Waals surface area (Å²) < 4.78 is 0.